The number of carboxylic acid groups (broad SMARTS) is 2. The first kappa shape index (κ1) is 16.4. The van der Waals surface area contributed by atoms with Gasteiger partial charge in [-0.15, -0.1) is 0 Å². The number of hydrogen-bond acceptors (Lipinski definition) is 3. The fraction of sp³-hybridized carbons (Fsp3) is 0.105. The van der Waals surface area contributed by atoms with Crippen LogP contribution < -0.4 is 0 Å². The van der Waals surface area contributed by atoms with Crippen LogP contribution in [0.3, 0.4) is 0 Å². The molecule has 0 saturated heterocycles. The van der Waals surface area contributed by atoms with Crippen LogP contribution in [-0.2, 0) is 9.59 Å². The average Bonchev–Trinajstić information content (AvgIpc) is 3.06. The molecule has 0 spiro atoms. The number of rotatable bonds is 6. The Morgan fingerprint density at radius 2 is 1.48 bits per heavy atom. The van der Waals surface area contributed by atoms with Gasteiger partial charge in [-0.1, -0.05) is 60.7 Å². The van der Waals surface area contributed by atoms with Crippen molar-refractivity contribution >= 4 is 11.9 Å². The van der Waals surface area contributed by atoms with E-state index in [1.807, 2.05) is 60.7 Å². The van der Waals surface area contributed by atoms with Crippen molar-refractivity contribution < 1.29 is 19.8 Å². The second-order valence-electron chi connectivity index (χ2n) is 5.54. The zero-order valence-electron chi connectivity index (χ0n) is 13.2. The molecular formula is C19H16N2O4. The molecule has 6 heteroatoms. The Balaban J connectivity index is 2.16. The molecule has 6 nitrogen and oxygen atoms in total. The van der Waals surface area contributed by atoms with E-state index < -0.39 is 24.4 Å². The number of nitrogens with zero attached hydrogens (tertiary/aromatic N) is 2. The second kappa shape index (κ2) is 7.00. The highest BCUT2D eigenvalue weighted by atomic mass is 16.4. The van der Waals surface area contributed by atoms with Crippen LogP contribution in [0.25, 0.3) is 22.5 Å². The number of carbonyl (C=O) groups is 2. The van der Waals surface area contributed by atoms with E-state index in [1.165, 1.54) is 4.68 Å². The molecule has 0 fully saturated rings. The lowest BCUT2D eigenvalue weighted by Gasteiger charge is -2.14. The molecule has 0 aliphatic carbocycles. The summed E-state index contributed by atoms with van der Waals surface area (Å²) in [6.07, 6.45) is -0.551. The lowest BCUT2D eigenvalue weighted by molar-refractivity contribution is -0.147. The lowest BCUT2D eigenvalue weighted by atomic mass is 10.1. The van der Waals surface area contributed by atoms with E-state index in [9.17, 15) is 14.7 Å². The van der Waals surface area contributed by atoms with E-state index >= 15 is 0 Å². The summed E-state index contributed by atoms with van der Waals surface area (Å²) in [6, 6.07) is 19.0. The highest BCUT2D eigenvalue weighted by Gasteiger charge is 2.27. The maximum Gasteiger partial charge on any atom is 0.329 e. The Kier molecular flexibility index (Phi) is 4.61. The Morgan fingerprint density at radius 3 is 2.00 bits per heavy atom. The molecule has 126 valence electrons. The molecule has 25 heavy (non-hydrogen) atoms. The van der Waals surface area contributed by atoms with Crippen LogP contribution >= 0.6 is 0 Å². The monoisotopic (exact) mass is 336 g/mol. The van der Waals surface area contributed by atoms with E-state index in [2.05, 4.69) is 5.10 Å². The van der Waals surface area contributed by atoms with Gasteiger partial charge in [-0.25, -0.2) is 9.48 Å². The van der Waals surface area contributed by atoms with Gasteiger partial charge in [0.1, 0.15) is 0 Å². The number of hydrogen-bond donors (Lipinski definition) is 2. The van der Waals surface area contributed by atoms with E-state index in [4.69, 9.17) is 5.11 Å². The third-order valence-electron chi connectivity index (χ3n) is 3.82. The van der Waals surface area contributed by atoms with Gasteiger partial charge in [0.05, 0.1) is 17.8 Å². The van der Waals surface area contributed by atoms with Crippen LogP contribution in [0.1, 0.15) is 12.5 Å². The fourth-order valence-electron chi connectivity index (χ4n) is 2.65. The minimum atomic E-state index is -1.29. The molecule has 2 aromatic carbocycles. The Morgan fingerprint density at radius 1 is 0.920 bits per heavy atom. The largest absolute Gasteiger partial charge is 0.481 e. The summed E-state index contributed by atoms with van der Waals surface area (Å²) in [6.45, 7) is 0. The third-order valence-corrected chi connectivity index (χ3v) is 3.82. The molecule has 0 radical (unpaired) electrons. The van der Waals surface area contributed by atoms with Crippen LogP contribution in [0.4, 0.5) is 0 Å². The maximum atomic E-state index is 11.6. The molecule has 2 N–H and O–H groups in total. The molecule has 0 amide bonds. The smallest absolute Gasteiger partial charge is 0.329 e. The van der Waals surface area contributed by atoms with Gasteiger partial charge in [-0.2, -0.15) is 5.10 Å². The summed E-state index contributed by atoms with van der Waals surface area (Å²) in [7, 11) is 0. The van der Waals surface area contributed by atoms with Gasteiger partial charge in [-0.3, -0.25) is 4.79 Å². The topological polar surface area (TPSA) is 92.4 Å². The van der Waals surface area contributed by atoms with Crippen molar-refractivity contribution in [1.82, 2.24) is 9.78 Å². The SMILES string of the molecule is O=C(O)C[C@@H](C(=O)O)n1nc(-c2ccccc2)cc1-c1ccccc1. The summed E-state index contributed by atoms with van der Waals surface area (Å²) in [5.41, 5.74) is 2.76. The first-order chi connectivity index (χ1) is 12.1. The van der Waals surface area contributed by atoms with Gasteiger partial charge < -0.3 is 10.2 Å². The molecule has 0 saturated carbocycles. The summed E-state index contributed by atoms with van der Waals surface area (Å²) in [4.78, 5) is 22.7. The first-order valence-corrected chi connectivity index (χ1v) is 7.71. The van der Waals surface area contributed by atoms with Gasteiger partial charge in [0.15, 0.2) is 6.04 Å². The highest BCUT2D eigenvalue weighted by Crippen LogP contribution is 2.29. The molecular weight excluding hydrogens is 320 g/mol. The van der Waals surface area contributed by atoms with Crippen LogP contribution in [0.2, 0.25) is 0 Å². The molecule has 3 aromatic rings. The summed E-state index contributed by atoms with van der Waals surface area (Å²) in [5.74, 6) is -2.43. The van der Waals surface area contributed by atoms with Crippen molar-refractivity contribution in [3.8, 4) is 22.5 Å². The zero-order valence-corrected chi connectivity index (χ0v) is 13.2. The normalized spacial score (nSPS) is 11.8. The Bertz CT molecular complexity index is 888. The Hall–Kier alpha value is -3.41. The van der Waals surface area contributed by atoms with Crippen LogP contribution in [0, 0.1) is 0 Å². The quantitative estimate of drug-likeness (QED) is 0.720. The predicted molar refractivity (Wildman–Crippen MR) is 92.0 cm³/mol. The van der Waals surface area contributed by atoms with Gasteiger partial charge in [-0.05, 0) is 11.6 Å². The summed E-state index contributed by atoms with van der Waals surface area (Å²) < 4.78 is 1.29. The molecule has 3 rings (SSSR count). The van der Waals surface area contributed by atoms with Gasteiger partial charge in [0.2, 0.25) is 0 Å². The van der Waals surface area contributed by atoms with Crippen molar-refractivity contribution in [3.05, 3.63) is 66.7 Å². The minimum absolute atomic E-state index is 0.551. The van der Waals surface area contributed by atoms with E-state index in [0.29, 0.717) is 11.4 Å². The number of benzene rings is 2. The van der Waals surface area contributed by atoms with E-state index in [-0.39, 0.29) is 0 Å². The van der Waals surface area contributed by atoms with Crippen molar-refractivity contribution in [1.29, 1.82) is 0 Å². The molecule has 1 atom stereocenters. The van der Waals surface area contributed by atoms with Crippen molar-refractivity contribution in [2.75, 3.05) is 0 Å². The molecule has 0 bridgehead atoms. The second-order valence-corrected chi connectivity index (χ2v) is 5.54. The Labute approximate surface area is 144 Å². The number of carboxylic acids is 2. The van der Waals surface area contributed by atoms with Crippen molar-refractivity contribution in [3.63, 3.8) is 0 Å². The van der Waals surface area contributed by atoms with Crippen LogP contribution in [0.5, 0.6) is 0 Å². The average molecular weight is 336 g/mol. The van der Waals surface area contributed by atoms with Crippen LogP contribution in [-0.4, -0.2) is 31.9 Å². The van der Waals surface area contributed by atoms with Gasteiger partial charge in [0.25, 0.3) is 0 Å². The van der Waals surface area contributed by atoms with Gasteiger partial charge in [0, 0.05) is 5.56 Å². The minimum Gasteiger partial charge on any atom is -0.481 e. The van der Waals surface area contributed by atoms with Gasteiger partial charge >= 0.3 is 11.9 Å². The number of aromatic nitrogens is 2. The molecule has 0 aliphatic rings. The molecule has 0 unspecified atom stereocenters. The van der Waals surface area contributed by atoms with E-state index in [1.54, 1.807) is 6.07 Å². The first-order valence-electron chi connectivity index (χ1n) is 7.71. The summed E-state index contributed by atoms with van der Waals surface area (Å²) in [5, 5.41) is 23.0. The fourth-order valence-corrected chi connectivity index (χ4v) is 2.65. The maximum absolute atomic E-state index is 11.6. The standard InChI is InChI=1S/C19H16N2O4/c22-18(23)12-17(19(24)25)21-16(14-9-5-2-6-10-14)11-15(20-21)13-7-3-1-4-8-13/h1-11,17H,12H2,(H,22,23)(H,24,25)/t17-/m0/s1. The third kappa shape index (κ3) is 3.58. The van der Waals surface area contributed by atoms with E-state index in [0.717, 1.165) is 11.1 Å². The van der Waals surface area contributed by atoms with Crippen LogP contribution in [0.15, 0.2) is 66.7 Å². The number of aliphatic carboxylic acids is 2. The molecule has 1 heterocycles. The lowest BCUT2D eigenvalue weighted by Crippen LogP contribution is -2.24. The highest BCUT2D eigenvalue weighted by molar-refractivity contribution is 5.80. The zero-order chi connectivity index (χ0) is 17.8. The molecule has 0 aliphatic heterocycles. The van der Waals surface area contributed by atoms with Crippen molar-refractivity contribution in [2.24, 2.45) is 0 Å². The molecule has 1 aromatic heterocycles. The summed E-state index contributed by atoms with van der Waals surface area (Å²) >= 11 is 0. The predicted octanol–water partition coefficient (Wildman–Crippen LogP) is 3.32. The van der Waals surface area contributed by atoms with Crippen molar-refractivity contribution in [2.45, 2.75) is 12.5 Å².